The second-order valence-corrected chi connectivity index (χ2v) is 4.19. The molecule has 94 valence electrons. The molecule has 0 aliphatic heterocycles. The van der Waals surface area contributed by atoms with Crippen molar-refractivity contribution in [3.63, 3.8) is 0 Å². The van der Waals surface area contributed by atoms with E-state index in [1.165, 1.54) is 12.1 Å². The summed E-state index contributed by atoms with van der Waals surface area (Å²) in [4.78, 5) is 11.7. The minimum atomic E-state index is -0.470. The van der Waals surface area contributed by atoms with Crippen LogP contribution in [0.25, 0.3) is 22.0 Å². The van der Waals surface area contributed by atoms with Crippen molar-refractivity contribution >= 4 is 16.5 Å². The molecule has 0 unspecified atom stereocenters. The van der Waals surface area contributed by atoms with Gasteiger partial charge in [0.15, 0.2) is 0 Å². The molecule has 0 spiro atoms. The maximum Gasteiger partial charge on any atom is 0.272 e. The molecule has 3 aromatic rings. The molecule has 1 heterocycles. The van der Waals surface area contributed by atoms with E-state index in [1.54, 1.807) is 30.3 Å². The Bertz CT molecular complexity index is 809. The highest BCUT2D eigenvalue weighted by atomic mass is 19.1. The number of hydrogen-bond acceptors (Lipinski definition) is 3. The quantitative estimate of drug-likeness (QED) is 0.655. The molecule has 0 atom stereocenters. The van der Waals surface area contributed by atoms with Gasteiger partial charge in [0.05, 0.1) is 10.8 Å². The minimum absolute atomic E-state index is 0.219. The molecule has 5 heteroatoms. The number of nitrogens with two attached hydrogens (primary N) is 1. The van der Waals surface area contributed by atoms with Gasteiger partial charge in [0.1, 0.15) is 11.5 Å². The number of nitrogen functional groups attached to an aromatic ring is 1. The predicted molar refractivity (Wildman–Crippen MR) is 72.2 cm³/mol. The lowest BCUT2D eigenvalue weighted by Crippen LogP contribution is -2.10. The van der Waals surface area contributed by atoms with Crippen LogP contribution in [0.2, 0.25) is 0 Å². The zero-order chi connectivity index (χ0) is 13.4. The summed E-state index contributed by atoms with van der Waals surface area (Å²) in [5.41, 5.74) is 6.91. The van der Waals surface area contributed by atoms with E-state index in [4.69, 9.17) is 5.73 Å². The molecule has 1 aromatic heterocycles. The maximum absolute atomic E-state index is 14.0. The second-order valence-electron chi connectivity index (χ2n) is 4.19. The van der Waals surface area contributed by atoms with Crippen molar-refractivity contribution in [1.82, 2.24) is 10.2 Å². The van der Waals surface area contributed by atoms with Crippen LogP contribution < -0.4 is 11.3 Å². The van der Waals surface area contributed by atoms with Crippen molar-refractivity contribution < 1.29 is 4.39 Å². The van der Waals surface area contributed by atoms with Gasteiger partial charge >= 0.3 is 0 Å². The first-order valence-electron chi connectivity index (χ1n) is 5.69. The summed E-state index contributed by atoms with van der Waals surface area (Å²) in [7, 11) is 0. The molecule has 3 rings (SSSR count). The number of nitrogens with zero attached hydrogens (tertiary/aromatic N) is 1. The first-order chi connectivity index (χ1) is 9.16. The summed E-state index contributed by atoms with van der Waals surface area (Å²) < 4.78 is 14.0. The number of anilines is 1. The third-order valence-electron chi connectivity index (χ3n) is 2.95. The van der Waals surface area contributed by atoms with E-state index in [0.29, 0.717) is 16.9 Å². The highest BCUT2D eigenvalue weighted by Crippen LogP contribution is 2.26. The molecule has 0 saturated heterocycles. The van der Waals surface area contributed by atoms with Crippen LogP contribution >= 0.6 is 0 Å². The van der Waals surface area contributed by atoms with E-state index in [2.05, 4.69) is 10.2 Å². The Kier molecular flexibility index (Phi) is 2.52. The largest absolute Gasteiger partial charge is 0.399 e. The van der Waals surface area contributed by atoms with Crippen LogP contribution in [0.1, 0.15) is 0 Å². The van der Waals surface area contributed by atoms with Crippen molar-refractivity contribution in [3.05, 3.63) is 58.6 Å². The van der Waals surface area contributed by atoms with Crippen LogP contribution in [0.4, 0.5) is 10.1 Å². The van der Waals surface area contributed by atoms with E-state index in [-0.39, 0.29) is 10.8 Å². The topological polar surface area (TPSA) is 71.8 Å². The van der Waals surface area contributed by atoms with E-state index in [1.807, 2.05) is 0 Å². The highest BCUT2D eigenvalue weighted by molar-refractivity contribution is 5.94. The molecule has 4 nitrogen and oxygen atoms in total. The van der Waals surface area contributed by atoms with Gasteiger partial charge in [-0.3, -0.25) is 4.79 Å². The summed E-state index contributed by atoms with van der Waals surface area (Å²) in [6.07, 6.45) is 0. The number of hydrogen-bond donors (Lipinski definition) is 2. The molecule has 0 aliphatic rings. The number of fused-ring (bicyclic) bond motifs is 1. The number of aromatic nitrogens is 2. The molecule has 0 bridgehead atoms. The van der Waals surface area contributed by atoms with Gasteiger partial charge in [0.25, 0.3) is 5.56 Å². The first-order valence-corrected chi connectivity index (χ1v) is 5.69. The Labute approximate surface area is 107 Å². The van der Waals surface area contributed by atoms with Gasteiger partial charge in [-0.1, -0.05) is 18.2 Å². The predicted octanol–water partition coefficient (Wildman–Crippen LogP) is 2.31. The molecule has 3 N–H and O–H groups in total. The third kappa shape index (κ3) is 1.85. The van der Waals surface area contributed by atoms with Crippen LogP contribution in [0.5, 0.6) is 0 Å². The smallest absolute Gasteiger partial charge is 0.272 e. The molecule has 0 radical (unpaired) electrons. The van der Waals surface area contributed by atoms with Crippen LogP contribution in [-0.4, -0.2) is 10.2 Å². The molecule has 19 heavy (non-hydrogen) atoms. The van der Waals surface area contributed by atoms with Gasteiger partial charge < -0.3 is 5.73 Å². The summed E-state index contributed by atoms with van der Waals surface area (Å²) in [6.45, 7) is 0. The SMILES string of the molecule is Nc1ccc(-c2n[nH]c(=O)c3cccc(F)c23)cc1. The van der Waals surface area contributed by atoms with Gasteiger partial charge in [-0.15, -0.1) is 0 Å². The Morgan fingerprint density at radius 3 is 2.58 bits per heavy atom. The third-order valence-corrected chi connectivity index (χ3v) is 2.95. The average molecular weight is 255 g/mol. The summed E-state index contributed by atoms with van der Waals surface area (Å²) in [5.74, 6) is -0.470. The standard InChI is InChI=1S/C14H10FN3O/c15-11-3-1-2-10-12(11)13(17-18-14(10)19)8-4-6-9(16)7-5-8/h1-7H,16H2,(H,18,19). The number of H-pyrrole nitrogens is 1. The lowest BCUT2D eigenvalue weighted by molar-refractivity contribution is 0.639. The van der Waals surface area contributed by atoms with Gasteiger partial charge in [0, 0.05) is 11.3 Å². The normalized spacial score (nSPS) is 10.8. The van der Waals surface area contributed by atoms with Crippen molar-refractivity contribution in [1.29, 1.82) is 0 Å². The highest BCUT2D eigenvalue weighted by Gasteiger charge is 2.12. The van der Waals surface area contributed by atoms with Crippen molar-refractivity contribution in [2.75, 3.05) is 5.73 Å². The zero-order valence-corrected chi connectivity index (χ0v) is 9.85. The van der Waals surface area contributed by atoms with Crippen LogP contribution in [0.3, 0.4) is 0 Å². The molecule has 0 fully saturated rings. The van der Waals surface area contributed by atoms with Crippen LogP contribution in [-0.2, 0) is 0 Å². The van der Waals surface area contributed by atoms with E-state index in [0.717, 1.165) is 0 Å². The maximum atomic E-state index is 14.0. The van der Waals surface area contributed by atoms with Crippen molar-refractivity contribution in [2.24, 2.45) is 0 Å². The van der Waals surface area contributed by atoms with E-state index in [9.17, 15) is 9.18 Å². The Balaban J connectivity index is 2.39. The van der Waals surface area contributed by atoms with E-state index >= 15 is 0 Å². The molecular weight excluding hydrogens is 245 g/mol. The van der Waals surface area contributed by atoms with Crippen LogP contribution in [0.15, 0.2) is 47.3 Å². The van der Waals surface area contributed by atoms with Gasteiger partial charge in [-0.05, 0) is 24.3 Å². The number of halogens is 1. The lowest BCUT2D eigenvalue weighted by atomic mass is 10.0. The Hall–Kier alpha value is -2.69. The Morgan fingerprint density at radius 2 is 1.84 bits per heavy atom. The number of rotatable bonds is 1. The fraction of sp³-hybridized carbons (Fsp3) is 0. The fourth-order valence-electron chi connectivity index (χ4n) is 2.03. The zero-order valence-electron chi connectivity index (χ0n) is 9.85. The minimum Gasteiger partial charge on any atom is -0.399 e. The van der Waals surface area contributed by atoms with Crippen LogP contribution in [0, 0.1) is 5.82 Å². The lowest BCUT2D eigenvalue weighted by Gasteiger charge is -2.06. The van der Waals surface area contributed by atoms with Crippen molar-refractivity contribution in [2.45, 2.75) is 0 Å². The molecular formula is C14H10FN3O. The summed E-state index contributed by atoms with van der Waals surface area (Å²) in [5, 5.41) is 6.83. The van der Waals surface area contributed by atoms with Gasteiger partial charge in [0.2, 0.25) is 0 Å². The Morgan fingerprint density at radius 1 is 1.11 bits per heavy atom. The number of nitrogens with one attached hydrogen (secondary N) is 1. The summed E-state index contributed by atoms with van der Waals surface area (Å²) in [6, 6.07) is 11.3. The number of aromatic amines is 1. The number of benzene rings is 2. The van der Waals surface area contributed by atoms with E-state index < -0.39 is 11.4 Å². The monoisotopic (exact) mass is 255 g/mol. The second kappa shape index (κ2) is 4.20. The first kappa shape index (κ1) is 11.4. The molecule has 0 amide bonds. The fourth-order valence-corrected chi connectivity index (χ4v) is 2.03. The van der Waals surface area contributed by atoms with Crippen molar-refractivity contribution in [3.8, 4) is 11.3 Å². The van der Waals surface area contributed by atoms with Gasteiger partial charge in [-0.25, -0.2) is 9.49 Å². The summed E-state index contributed by atoms with van der Waals surface area (Å²) >= 11 is 0. The van der Waals surface area contributed by atoms with Gasteiger partial charge in [-0.2, -0.15) is 5.10 Å². The molecule has 0 saturated carbocycles. The average Bonchev–Trinajstić information content (AvgIpc) is 2.41. The molecule has 0 aliphatic carbocycles. The molecule has 2 aromatic carbocycles.